The molecule has 0 saturated carbocycles. The van der Waals surface area contributed by atoms with E-state index in [9.17, 15) is 4.79 Å². The van der Waals surface area contributed by atoms with E-state index in [1.807, 2.05) is 24.9 Å². The zero-order valence-corrected chi connectivity index (χ0v) is 13.1. The minimum absolute atomic E-state index is 0.0634. The Labute approximate surface area is 121 Å². The van der Waals surface area contributed by atoms with Crippen molar-refractivity contribution in [1.29, 1.82) is 0 Å². The van der Waals surface area contributed by atoms with E-state index in [2.05, 4.69) is 22.2 Å². The van der Waals surface area contributed by atoms with E-state index in [0.717, 1.165) is 36.8 Å². The molecular weight excluding hydrogens is 254 g/mol. The second-order valence-electron chi connectivity index (χ2n) is 4.83. The maximum absolute atomic E-state index is 11.9. The Morgan fingerprint density at radius 3 is 2.50 bits per heavy atom. The average Bonchev–Trinajstić information content (AvgIpc) is 2.44. The molecule has 112 valence electrons. The number of aromatic nitrogens is 2. The molecule has 1 amide bonds. The van der Waals surface area contributed by atoms with Crippen molar-refractivity contribution in [2.45, 2.75) is 26.7 Å². The van der Waals surface area contributed by atoms with Crippen molar-refractivity contribution in [3.63, 3.8) is 0 Å². The van der Waals surface area contributed by atoms with Gasteiger partial charge in [0.05, 0.1) is 6.54 Å². The predicted molar refractivity (Wildman–Crippen MR) is 82.2 cm³/mol. The van der Waals surface area contributed by atoms with Crippen LogP contribution in [0.1, 0.15) is 26.1 Å². The van der Waals surface area contributed by atoms with Crippen LogP contribution < -0.4 is 10.2 Å². The van der Waals surface area contributed by atoms with Gasteiger partial charge in [0.2, 0.25) is 5.91 Å². The van der Waals surface area contributed by atoms with Crippen LogP contribution in [-0.2, 0) is 11.2 Å². The Morgan fingerprint density at radius 2 is 2.00 bits per heavy atom. The summed E-state index contributed by atoms with van der Waals surface area (Å²) in [6, 6.07) is 1.88. The zero-order chi connectivity index (χ0) is 15.1. The molecule has 0 aliphatic rings. The average molecular weight is 279 g/mol. The number of hydrogen-bond donors (Lipinski definition) is 1. The molecule has 0 spiro atoms. The van der Waals surface area contributed by atoms with Crippen LogP contribution in [-0.4, -0.2) is 55.0 Å². The Bertz CT molecular complexity index is 447. The lowest BCUT2D eigenvalue weighted by Gasteiger charge is -2.24. The number of carbonyl (C=O) groups is 1. The zero-order valence-electron chi connectivity index (χ0n) is 13.1. The van der Waals surface area contributed by atoms with Gasteiger partial charge in [0, 0.05) is 40.2 Å². The van der Waals surface area contributed by atoms with E-state index < -0.39 is 0 Å². The summed E-state index contributed by atoms with van der Waals surface area (Å²) >= 11 is 0. The van der Waals surface area contributed by atoms with Gasteiger partial charge in [-0.2, -0.15) is 0 Å². The number of nitrogens with zero attached hydrogens (tertiary/aromatic N) is 4. The smallest absolute Gasteiger partial charge is 0.241 e. The Morgan fingerprint density at radius 1 is 1.30 bits per heavy atom. The van der Waals surface area contributed by atoms with E-state index >= 15 is 0 Å². The van der Waals surface area contributed by atoms with Crippen LogP contribution in [0.25, 0.3) is 0 Å². The maximum Gasteiger partial charge on any atom is 0.241 e. The Hall–Kier alpha value is -1.85. The van der Waals surface area contributed by atoms with E-state index in [1.54, 1.807) is 19.0 Å². The lowest BCUT2D eigenvalue weighted by Crippen LogP contribution is -2.37. The number of amides is 1. The van der Waals surface area contributed by atoms with Gasteiger partial charge in [-0.05, 0) is 13.3 Å². The second kappa shape index (κ2) is 7.67. The minimum Gasteiger partial charge on any atom is -0.373 e. The largest absolute Gasteiger partial charge is 0.373 e. The molecule has 0 radical (unpaired) electrons. The maximum atomic E-state index is 11.9. The van der Waals surface area contributed by atoms with Gasteiger partial charge in [0.1, 0.15) is 17.5 Å². The van der Waals surface area contributed by atoms with Crippen molar-refractivity contribution < 1.29 is 4.79 Å². The molecule has 0 aliphatic heterocycles. The summed E-state index contributed by atoms with van der Waals surface area (Å²) in [7, 11) is 5.36. The molecular formula is C14H25N5O. The predicted octanol–water partition coefficient (Wildman–Crippen LogP) is 1.39. The highest BCUT2D eigenvalue weighted by Gasteiger charge is 2.14. The first-order chi connectivity index (χ1) is 9.51. The molecule has 0 aromatic carbocycles. The van der Waals surface area contributed by atoms with Crippen LogP contribution in [0.3, 0.4) is 0 Å². The number of hydrogen-bond acceptors (Lipinski definition) is 5. The quantitative estimate of drug-likeness (QED) is 0.817. The van der Waals surface area contributed by atoms with Gasteiger partial charge in [-0.25, -0.2) is 9.97 Å². The third-order valence-corrected chi connectivity index (χ3v) is 3.02. The third kappa shape index (κ3) is 4.36. The highest BCUT2D eigenvalue weighted by Crippen LogP contribution is 2.16. The van der Waals surface area contributed by atoms with Crippen LogP contribution in [0.15, 0.2) is 6.07 Å². The fourth-order valence-corrected chi connectivity index (χ4v) is 1.77. The SMILES string of the molecule is CCCc1nc(NC)cc(N(CC)CC(=O)N(C)C)n1. The summed E-state index contributed by atoms with van der Waals surface area (Å²) in [4.78, 5) is 24.4. The van der Waals surface area contributed by atoms with Crippen molar-refractivity contribution in [2.24, 2.45) is 0 Å². The van der Waals surface area contributed by atoms with E-state index in [4.69, 9.17) is 0 Å². The van der Waals surface area contributed by atoms with Crippen LogP contribution in [0.5, 0.6) is 0 Å². The molecule has 1 rings (SSSR count). The van der Waals surface area contributed by atoms with Gasteiger partial charge < -0.3 is 15.1 Å². The van der Waals surface area contributed by atoms with Gasteiger partial charge in [0.15, 0.2) is 0 Å². The second-order valence-corrected chi connectivity index (χ2v) is 4.83. The summed E-state index contributed by atoms with van der Waals surface area (Å²) in [5.41, 5.74) is 0. The fraction of sp³-hybridized carbons (Fsp3) is 0.643. The van der Waals surface area contributed by atoms with E-state index in [-0.39, 0.29) is 5.91 Å². The summed E-state index contributed by atoms with van der Waals surface area (Å²) in [6.45, 7) is 5.17. The van der Waals surface area contributed by atoms with Gasteiger partial charge in [-0.3, -0.25) is 4.79 Å². The molecule has 1 aromatic rings. The van der Waals surface area contributed by atoms with Crippen LogP contribution in [0.2, 0.25) is 0 Å². The van der Waals surface area contributed by atoms with E-state index in [0.29, 0.717) is 6.54 Å². The molecule has 6 heteroatoms. The molecule has 0 fully saturated rings. The number of likely N-dealkylation sites (N-methyl/N-ethyl adjacent to an activating group) is 2. The van der Waals surface area contributed by atoms with Crippen LogP contribution in [0.4, 0.5) is 11.6 Å². The molecule has 0 atom stereocenters. The molecule has 0 unspecified atom stereocenters. The first kappa shape index (κ1) is 16.2. The molecule has 1 aromatic heterocycles. The Kier molecular flexibility index (Phi) is 6.21. The molecule has 0 bridgehead atoms. The van der Waals surface area contributed by atoms with Crippen molar-refractivity contribution >= 4 is 17.5 Å². The number of anilines is 2. The number of rotatable bonds is 7. The third-order valence-electron chi connectivity index (χ3n) is 3.02. The molecule has 20 heavy (non-hydrogen) atoms. The van der Waals surface area contributed by atoms with Crippen molar-refractivity contribution in [3.05, 3.63) is 11.9 Å². The minimum atomic E-state index is 0.0634. The Balaban J connectivity index is 3.01. The number of carbonyl (C=O) groups excluding carboxylic acids is 1. The summed E-state index contributed by atoms with van der Waals surface area (Å²) in [5, 5.41) is 3.05. The standard InChI is InChI=1S/C14H25N5O/c1-6-8-11-16-12(15-3)9-13(17-11)19(7-2)10-14(20)18(4)5/h9H,6-8,10H2,1-5H3,(H,15,16,17). The first-order valence-electron chi connectivity index (χ1n) is 7.02. The number of aryl methyl sites for hydroxylation is 1. The highest BCUT2D eigenvalue weighted by molar-refractivity contribution is 5.80. The topological polar surface area (TPSA) is 61.4 Å². The molecule has 0 saturated heterocycles. The van der Waals surface area contributed by atoms with Crippen LogP contribution in [0, 0.1) is 0 Å². The molecule has 6 nitrogen and oxygen atoms in total. The first-order valence-corrected chi connectivity index (χ1v) is 7.02. The van der Waals surface area contributed by atoms with E-state index in [1.165, 1.54) is 0 Å². The molecule has 1 N–H and O–H groups in total. The van der Waals surface area contributed by atoms with Gasteiger partial charge >= 0.3 is 0 Å². The molecule has 1 heterocycles. The van der Waals surface area contributed by atoms with Crippen LogP contribution >= 0.6 is 0 Å². The summed E-state index contributed by atoms with van der Waals surface area (Å²) in [6.07, 6.45) is 1.83. The fourth-order valence-electron chi connectivity index (χ4n) is 1.77. The lowest BCUT2D eigenvalue weighted by molar-refractivity contribution is -0.127. The normalized spacial score (nSPS) is 10.2. The van der Waals surface area contributed by atoms with Gasteiger partial charge in [-0.1, -0.05) is 6.92 Å². The van der Waals surface area contributed by atoms with Gasteiger partial charge in [0.25, 0.3) is 0 Å². The summed E-state index contributed by atoms with van der Waals surface area (Å²) < 4.78 is 0. The summed E-state index contributed by atoms with van der Waals surface area (Å²) in [5.74, 6) is 2.46. The lowest BCUT2D eigenvalue weighted by atomic mass is 10.3. The van der Waals surface area contributed by atoms with Crippen molar-refractivity contribution in [2.75, 3.05) is 44.4 Å². The number of nitrogens with one attached hydrogen (secondary N) is 1. The van der Waals surface area contributed by atoms with Crippen molar-refractivity contribution in [3.8, 4) is 0 Å². The highest BCUT2D eigenvalue weighted by atomic mass is 16.2. The molecule has 0 aliphatic carbocycles. The van der Waals surface area contributed by atoms with Gasteiger partial charge in [-0.15, -0.1) is 0 Å². The van der Waals surface area contributed by atoms with Crippen molar-refractivity contribution in [1.82, 2.24) is 14.9 Å². The monoisotopic (exact) mass is 279 g/mol.